The largest absolute Gasteiger partial charge is 0.506 e. The number of carbonyl (C=O) groups is 1. The molecule has 0 fully saturated rings. The predicted molar refractivity (Wildman–Crippen MR) is 98.0 cm³/mol. The zero-order valence-corrected chi connectivity index (χ0v) is 15.3. The lowest BCUT2D eigenvalue weighted by Gasteiger charge is -2.11. The second kappa shape index (κ2) is 7.71. The number of phenols is 1. The van der Waals surface area contributed by atoms with Crippen LogP contribution in [0.15, 0.2) is 51.4 Å². The number of thiocarbonyl (C=S) groups is 1. The zero-order chi connectivity index (χ0) is 16.1. The minimum atomic E-state index is -0.194. The van der Waals surface area contributed by atoms with Gasteiger partial charge in [-0.05, 0) is 61.8 Å². The van der Waals surface area contributed by atoms with Crippen LogP contribution in [0, 0.1) is 0 Å². The maximum absolute atomic E-state index is 11.9. The van der Waals surface area contributed by atoms with Gasteiger partial charge in [-0.3, -0.25) is 4.79 Å². The van der Waals surface area contributed by atoms with Crippen molar-refractivity contribution in [3.05, 3.63) is 57.0 Å². The van der Waals surface area contributed by atoms with Crippen molar-refractivity contribution < 1.29 is 9.90 Å². The molecule has 0 aliphatic rings. The first-order valence-corrected chi connectivity index (χ1v) is 8.28. The Labute approximate surface area is 150 Å². The summed E-state index contributed by atoms with van der Waals surface area (Å²) in [6.07, 6.45) is 0.256. The van der Waals surface area contributed by atoms with E-state index in [0.29, 0.717) is 14.6 Å². The molecule has 0 saturated heterocycles. The van der Waals surface area contributed by atoms with Crippen LogP contribution < -0.4 is 10.6 Å². The number of carbonyl (C=O) groups excluding carboxylic acids is 1. The van der Waals surface area contributed by atoms with Gasteiger partial charge in [0.15, 0.2) is 5.11 Å². The molecule has 2 rings (SSSR count). The molecule has 2 aromatic carbocycles. The van der Waals surface area contributed by atoms with Crippen LogP contribution in [0.4, 0.5) is 5.69 Å². The Morgan fingerprint density at radius 1 is 1.14 bits per heavy atom. The Balaban J connectivity index is 1.94. The lowest BCUT2D eigenvalue weighted by Crippen LogP contribution is -2.35. The standard InChI is InChI=1S/C15H12Br2N2O2S/c16-11-7-10(8-12(17)14(11)21)18-15(22)19-13(20)6-9-4-2-1-3-5-9/h1-5,7-8,21H,6H2,(H2,18,19,20,22). The monoisotopic (exact) mass is 442 g/mol. The Hall–Kier alpha value is -1.44. The van der Waals surface area contributed by atoms with Crippen molar-refractivity contribution in [1.29, 1.82) is 0 Å². The maximum Gasteiger partial charge on any atom is 0.230 e. The zero-order valence-electron chi connectivity index (χ0n) is 11.3. The van der Waals surface area contributed by atoms with E-state index in [1.165, 1.54) is 0 Å². The molecule has 3 N–H and O–H groups in total. The van der Waals surface area contributed by atoms with Crippen LogP contribution in [0.5, 0.6) is 5.75 Å². The molecular weight excluding hydrogens is 432 g/mol. The maximum atomic E-state index is 11.9. The minimum absolute atomic E-state index is 0.101. The lowest BCUT2D eigenvalue weighted by molar-refractivity contribution is -0.119. The normalized spacial score (nSPS) is 10.1. The fraction of sp³-hybridized carbons (Fsp3) is 0.0667. The van der Waals surface area contributed by atoms with Gasteiger partial charge >= 0.3 is 0 Å². The molecule has 0 aromatic heterocycles. The quantitative estimate of drug-likeness (QED) is 0.496. The second-order valence-electron chi connectivity index (χ2n) is 4.45. The molecule has 114 valence electrons. The van der Waals surface area contributed by atoms with Crippen molar-refractivity contribution in [3.8, 4) is 5.75 Å². The van der Waals surface area contributed by atoms with Gasteiger partial charge in [-0.15, -0.1) is 0 Å². The van der Waals surface area contributed by atoms with Crippen LogP contribution in [0.1, 0.15) is 5.56 Å². The van der Waals surface area contributed by atoms with Crippen molar-refractivity contribution in [2.75, 3.05) is 5.32 Å². The smallest absolute Gasteiger partial charge is 0.230 e. The second-order valence-corrected chi connectivity index (χ2v) is 6.57. The van der Waals surface area contributed by atoms with Crippen molar-refractivity contribution in [2.45, 2.75) is 6.42 Å². The van der Waals surface area contributed by atoms with Crippen LogP contribution in [0.3, 0.4) is 0 Å². The van der Waals surface area contributed by atoms with Crippen molar-refractivity contribution in [2.24, 2.45) is 0 Å². The highest BCUT2D eigenvalue weighted by atomic mass is 79.9. The molecular formula is C15H12Br2N2O2S. The lowest BCUT2D eigenvalue weighted by atomic mass is 10.1. The van der Waals surface area contributed by atoms with Crippen LogP contribution in [0.25, 0.3) is 0 Å². The van der Waals surface area contributed by atoms with E-state index in [1.54, 1.807) is 12.1 Å². The number of aromatic hydroxyl groups is 1. The van der Waals surface area contributed by atoms with E-state index in [1.807, 2.05) is 30.3 Å². The first-order valence-electron chi connectivity index (χ1n) is 6.28. The summed E-state index contributed by atoms with van der Waals surface area (Å²) >= 11 is 11.6. The van der Waals surface area contributed by atoms with Crippen LogP contribution in [-0.4, -0.2) is 16.1 Å². The van der Waals surface area contributed by atoms with Crippen LogP contribution in [0.2, 0.25) is 0 Å². The van der Waals surface area contributed by atoms with Gasteiger partial charge in [0.25, 0.3) is 0 Å². The number of benzene rings is 2. The van der Waals surface area contributed by atoms with Gasteiger partial charge in [-0.2, -0.15) is 0 Å². The summed E-state index contributed by atoms with van der Waals surface area (Å²) in [7, 11) is 0. The van der Waals surface area contributed by atoms with Gasteiger partial charge < -0.3 is 15.7 Å². The summed E-state index contributed by atoms with van der Waals surface area (Å²) in [5.41, 5.74) is 1.56. The van der Waals surface area contributed by atoms with Gasteiger partial charge in [0.2, 0.25) is 5.91 Å². The highest BCUT2D eigenvalue weighted by molar-refractivity contribution is 9.11. The van der Waals surface area contributed by atoms with Gasteiger partial charge in [0.05, 0.1) is 15.4 Å². The number of anilines is 1. The topological polar surface area (TPSA) is 61.4 Å². The molecule has 22 heavy (non-hydrogen) atoms. The Morgan fingerprint density at radius 3 is 2.32 bits per heavy atom. The average molecular weight is 444 g/mol. The number of amides is 1. The molecule has 0 saturated carbocycles. The fourth-order valence-electron chi connectivity index (χ4n) is 1.75. The van der Waals surface area contributed by atoms with E-state index in [4.69, 9.17) is 12.2 Å². The van der Waals surface area contributed by atoms with Gasteiger partial charge in [-0.1, -0.05) is 30.3 Å². The fourth-order valence-corrected chi connectivity index (χ4v) is 3.17. The van der Waals surface area contributed by atoms with E-state index in [-0.39, 0.29) is 23.2 Å². The summed E-state index contributed by atoms with van der Waals surface area (Å²) in [5.74, 6) is -0.0924. The van der Waals surface area contributed by atoms with Crippen molar-refractivity contribution in [3.63, 3.8) is 0 Å². The molecule has 7 heteroatoms. The molecule has 0 aliphatic heterocycles. The average Bonchev–Trinajstić information content (AvgIpc) is 2.45. The first kappa shape index (κ1) is 16.9. The molecule has 0 radical (unpaired) electrons. The van der Waals surface area contributed by atoms with Gasteiger partial charge in [0, 0.05) is 5.69 Å². The number of phenolic OH excluding ortho intramolecular Hbond substituents is 1. The van der Waals surface area contributed by atoms with E-state index in [9.17, 15) is 9.90 Å². The molecule has 1 amide bonds. The molecule has 4 nitrogen and oxygen atoms in total. The molecule has 0 unspecified atom stereocenters. The van der Waals surface area contributed by atoms with E-state index >= 15 is 0 Å². The summed E-state index contributed by atoms with van der Waals surface area (Å²) in [6, 6.07) is 12.7. The van der Waals surface area contributed by atoms with Crippen molar-refractivity contribution >= 4 is 60.8 Å². The Morgan fingerprint density at radius 2 is 1.73 bits per heavy atom. The molecule has 0 spiro atoms. The number of hydrogen-bond acceptors (Lipinski definition) is 3. The molecule has 2 aromatic rings. The SMILES string of the molecule is O=C(Cc1ccccc1)NC(=S)Nc1cc(Br)c(O)c(Br)c1. The van der Waals surface area contributed by atoms with Gasteiger partial charge in [0.1, 0.15) is 5.75 Å². The summed E-state index contributed by atoms with van der Waals surface area (Å²) < 4.78 is 1.03. The number of halogens is 2. The predicted octanol–water partition coefficient (Wildman–Crippen LogP) is 3.97. The van der Waals surface area contributed by atoms with Gasteiger partial charge in [-0.25, -0.2) is 0 Å². The van der Waals surface area contributed by atoms with Crippen LogP contribution >= 0.6 is 44.1 Å². The number of nitrogens with one attached hydrogen (secondary N) is 2. The van der Waals surface area contributed by atoms with Crippen molar-refractivity contribution in [1.82, 2.24) is 5.32 Å². The molecule has 0 atom stereocenters. The number of rotatable bonds is 3. The summed E-state index contributed by atoms with van der Waals surface area (Å²) in [6.45, 7) is 0. The third-order valence-corrected chi connectivity index (χ3v) is 4.15. The summed E-state index contributed by atoms with van der Waals surface area (Å²) in [5, 5.41) is 15.4. The van der Waals surface area contributed by atoms with E-state index in [2.05, 4.69) is 42.5 Å². The third kappa shape index (κ3) is 4.79. The molecule has 0 heterocycles. The summed E-state index contributed by atoms with van der Waals surface area (Å²) in [4.78, 5) is 11.9. The van der Waals surface area contributed by atoms with E-state index < -0.39 is 0 Å². The first-order chi connectivity index (χ1) is 10.5. The highest BCUT2D eigenvalue weighted by Gasteiger charge is 2.09. The molecule has 0 bridgehead atoms. The molecule has 0 aliphatic carbocycles. The third-order valence-electron chi connectivity index (χ3n) is 2.74. The highest BCUT2D eigenvalue weighted by Crippen LogP contribution is 2.35. The Bertz CT molecular complexity index is 685. The minimum Gasteiger partial charge on any atom is -0.506 e. The van der Waals surface area contributed by atoms with E-state index in [0.717, 1.165) is 5.56 Å². The van der Waals surface area contributed by atoms with Crippen LogP contribution in [-0.2, 0) is 11.2 Å². The number of hydrogen-bond donors (Lipinski definition) is 3. The Kier molecular flexibility index (Phi) is 5.93.